The molecular weight excluding hydrogens is 206 g/mol. The first kappa shape index (κ1) is 11.1. The summed E-state index contributed by atoms with van der Waals surface area (Å²) in [6, 6.07) is 0. The van der Waals surface area contributed by atoms with Crippen LogP contribution in [0.15, 0.2) is 4.99 Å². The van der Waals surface area contributed by atoms with Gasteiger partial charge in [0.15, 0.2) is 5.96 Å². The Hall–Kier alpha value is -0.380. The third-order valence-electron chi connectivity index (χ3n) is 3.42. The fourth-order valence-electron chi connectivity index (χ4n) is 2.08. The van der Waals surface area contributed by atoms with E-state index in [1.54, 1.807) is 0 Å². The quantitative estimate of drug-likeness (QED) is 0.769. The van der Waals surface area contributed by atoms with Crippen molar-refractivity contribution in [2.45, 2.75) is 36.9 Å². The largest absolute Gasteiger partial charge is 0.356 e. The van der Waals surface area contributed by atoms with E-state index >= 15 is 0 Å². The summed E-state index contributed by atoms with van der Waals surface area (Å²) in [6.45, 7) is 3.11. The second-order valence-electron chi connectivity index (χ2n) is 4.46. The predicted octanol–water partition coefficient (Wildman–Crippen LogP) is 1.60. The van der Waals surface area contributed by atoms with Crippen molar-refractivity contribution in [3.63, 3.8) is 0 Å². The maximum absolute atomic E-state index is 4.50. The summed E-state index contributed by atoms with van der Waals surface area (Å²) >= 11 is 2.01. The Morgan fingerprint density at radius 3 is 2.93 bits per heavy atom. The highest BCUT2D eigenvalue weighted by molar-refractivity contribution is 8.00. The van der Waals surface area contributed by atoms with E-state index < -0.39 is 0 Å². The van der Waals surface area contributed by atoms with E-state index in [9.17, 15) is 0 Å². The Balaban J connectivity index is 1.78. The Bertz CT molecular complexity index is 230. The van der Waals surface area contributed by atoms with Crippen molar-refractivity contribution in [1.82, 2.24) is 10.6 Å². The molecule has 1 aliphatic heterocycles. The SMILES string of the molecule is CSC1(CNC2=NCCCCN2)CCC1. The smallest absolute Gasteiger partial charge is 0.191 e. The third kappa shape index (κ3) is 2.80. The fraction of sp³-hybridized carbons (Fsp3) is 0.909. The van der Waals surface area contributed by atoms with Crippen molar-refractivity contribution in [2.24, 2.45) is 4.99 Å². The molecule has 1 aliphatic carbocycles. The molecule has 0 amide bonds. The lowest BCUT2D eigenvalue weighted by atomic mass is 9.84. The average Bonchev–Trinajstić information content (AvgIpc) is 2.45. The summed E-state index contributed by atoms with van der Waals surface area (Å²) in [5.74, 6) is 1.02. The first-order chi connectivity index (χ1) is 7.35. The highest BCUT2D eigenvalue weighted by Crippen LogP contribution is 2.42. The molecule has 0 aromatic carbocycles. The minimum absolute atomic E-state index is 0.497. The second-order valence-corrected chi connectivity index (χ2v) is 5.73. The molecule has 2 N–H and O–H groups in total. The summed E-state index contributed by atoms with van der Waals surface area (Å²) in [5.41, 5.74) is 0. The van der Waals surface area contributed by atoms with Crippen LogP contribution in [-0.2, 0) is 0 Å². The van der Waals surface area contributed by atoms with Gasteiger partial charge in [0.2, 0.25) is 0 Å². The summed E-state index contributed by atoms with van der Waals surface area (Å²) in [5, 5.41) is 6.83. The maximum Gasteiger partial charge on any atom is 0.191 e. The summed E-state index contributed by atoms with van der Waals surface area (Å²) in [7, 11) is 0. The highest BCUT2D eigenvalue weighted by atomic mass is 32.2. The molecule has 1 saturated carbocycles. The van der Waals surface area contributed by atoms with Crippen molar-refractivity contribution in [3.8, 4) is 0 Å². The molecule has 0 aromatic heterocycles. The van der Waals surface area contributed by atoms with E-state index in [0.717, 1.165) is 25.6 Å². The minimum atomic E-state index is 0.497. The number of hydrogen-bond donors (Lipinski definition) is 2. The van der Waals surface area contributed by atoms with Crippen molar-refractivity contribution in [3.05, 3.63) is 0 Å². The average molecular weight is 227 g/mol. The van der Waals surface area contributed by atoms with Crippen LogP contribution >= 0.6 is 11.8 Å². The van der Waals surface area contributed by atoms with Gasteiger partial charge < -0.3 is 10.6 Å². The van der Waals surface area contributed by atoms with Gasteiger partial charge in [-0.1, -0.05) is 6.42 Å². The number of nitrogens with one attached hydrogen (secondary N) is 2. The summed E-state index contributed by atoms with van der Waals surface area (Å²) in [6.07, 6.45) is 8.78. The summed E-state index contributed by atoms with van der Waals surface area (Å²) < 4.78 is 0.497. The van der Waals surface area contributed by atoms with Gasteiger partial charge in [0.1, 0.15) is 0 Å². The standard InChI is InChI=1S/C11H21N3S/c1-15-11(5-4-6-11)9-14-10-12-7-2-3-8-13-10/h2-9H2,1H3,(H2,12,13,14). The molecule has 0 spiro atoms. The van der Waals surface area contributed by atoms with Gasteiger partial charge in [0, 0.05) is 24.4 Å². The van der Waals surface area contributed by atoms with Gasteiger partial charge in [0.05, 0.1) is 0 Å². The Kier molecular flexibility index (Phi) is 3.78. The Morgan fingerprint density at radius 2 is 2.27 bits per heavy atom. The topological polar surface area (TPSA) is 36.4 Å². The lowest BCUT2D eigenvalue weighted by Crippen LogP contribution is -2.48. The molecule has 0 bridgehead atoms. The van der Waals surface area contributed by atoms with Gasteiger partial charge in [-0.3, -0.25) is 4.99 Å². The van der Waals surface area contributed by atoms with E-state index in [1.165, 1.54) is 32.1 Å². The molecule has 0 saturated heterocycles. The van der Waals surface area contributed by atoms with E-state index in [0.29, 0.717) is 4.75 Å². The zero-order chi connectivity index (χ0) is 10.6. The number of guanidine groups is 1. The predicted molar refractivity (Wildman–Crippen MR) is 67.6 cm³/mol. The third-order valence-corrected chi connectivity index (χ3v) is 4.84. The van der Waals surface area contributed by atoms with Crippen LogP contribution in [0.1, 0.15) is 32.1 Å². The van der Waals surface area contributed by atoms with Gasteiger partial charge in [-0.15, -0.1) is 0 Å². The molecule has 1 heterocycles. The first-order valence-corrected chi connectivity index (χ1v) is 7.14. The molecule has 3 nitrogen and oxygen atoms in total. The van der Waals surface area contributed by atoms with Gasteiger partial charge in [-0.25, -0.2) is 0 Å². The van der Waals surface area contributed by atoms with Crippen LogP contribution < -0.4 is 10.6 Å². The van der Waals surface area contributed by atoms with Gasteiger partial charge in [-0.05, 0) is 31.9 Å². The molecular formula is C11H21N3S. The van der Waals surface area contributed by atoms with Crippen LogP contribution in [0.4, 0.5) is 0 Å². The van der Waals surface area contributed by atoms with Gasteiger partial charge in [-0.2, -0.15) is 11.8 Å². The Morgan fingerprint density at radius 1 is 1.40 bits per heavy atom. The highest BCUT2D eigenvalue weighted by Gasteiger charge is 2.36. The van der Waals surface area contributed by atoms with Crippen LogP contribution in [0.5, 0.6) is 0 Å². The summed E-state index contributed by atoms with van der Waals surface area (Å²) in [4.78, 5) is 4.50. The molecule has 4 heteroatoms. The molecule has 0 atom stereocenters. The van der Waals surface area contributed by atoms with E-state index in [-0.39, 0.29) is 0 Å². The molecule has 2 rings (SSSR count). The van der Waals surface area contributed by atoms with Crippen LogP contribution in [0.2, 0.25) is 0 Å². The molecule has 15 heavy (non-hydrogen) atoms. The van der Waals surface area contributed by atoms with Crippen LogP contribution in [0.25, 0.3) is 0 Å². The van der Waals surface area contributed by atoms with Crippen LogP contribution in [0, 0.1) is 0 Å². The number of nitrogens with zero attached hydrogens (tertiary/aromatic N) is 1. The lowest BCUT2D eigenvalue weighted by Gasteiger charge is -2.40. The van der Waals surface area contributed by atoms with Crippen LogP contribution in [0.3, 0.4) is 0 Å². The first-order valence-electron chi connectivity index (χ1n) is 5.92. The number of rotatable bonds is 3. The fourth-order valence-corrected chi connectivity index (χ4v) is 2.99. The number of hydrogen-bond acceptors (Lipinski definition) is 4. The number of thioether (sulfide) groups is 1. The maximum atomic E-state index is 4.50. The van der Waals surface area contributed by atoms with E-state index in [1.807, 2.05) is 11.8 Å². The number of aliphatic imine (C=N–C) groups is 1. The van der Waals surface area contributed by atoms with Crippen molar-refractivity contribution < 1.29 is 0 Å². The molecule has 0 unspecified atom stereocenters. The normalized spacial score (nSPS) is 24.5. The molecule has 2 aliphatic rings. The van der Waals surface area contributed by atoms with Crippen molar-refractivity contribution >= 4 is 17.7 Å². The zero-order valence-electron chi connectivity index (χ0n) is 9.51. The van der Waals surface area contributed by atoms with Crippen LogP contribution in [-0.4, -0.2) is 36.6 Å². The minimum Gasteiger partial charge on any atom is -0.356 e. The van der Waals surface area contributed by atoms with E-state index in [2.05, 4.69) is 21.9 Å². The second kappa shape index (κ2) is 5.10. The van der Waals surface area contributed by atoms with Crippen molar-refractivity contribution in [2.75, 3.05) is 25.9 Å². The Labute approximate surface area is 96.5 Å². The van der Waals surface area contributed by atoms with Gasteiger partial charge >= 0.3 is 0 Å². The van der Waals surface area contributed by atoms with E-state index in [4.69, 9.17) is 0 Å². The molecule has 0 radical (unpaired) electrons. The monoisotopic (exact) mass is 227 g/mol. The van der Waals surface area contributed by atoms with Gasteiger partial charge in [0.25, 0.3) is 0 Å². The lowest BCUT2D eigenvalue weighted by molar-refractivity contribution is 0.360. The molecule has 1 fully saturated rings. The molecule has 0 aromatic rings. The molecule has 86 valence electrons. The zero-order valence-corrected chi connectivity index (χ0v) is 10.3. The van der Waals surface area contributed by atoms with Crippen molar-refractivity contribution in [1.29, 1.82) is 0 Å².